The number of aromatic nitrogens is 2. The lowest BCUT2D eigenvalue weighted by Crippen LogP contribution is -2.53. The molecule has 212 valence electrons. The zero-order valence-corrected chi connectivity index (χ0v) is 20.2. The Bertz CT molecular complexity index is 1120. The first-order valence-corrected chi connectivity index (χ1v) is 11.9. The Morgan fingerprint density at radius 3 is 2.53 bits per heavy atom. The molecule has 0 radical (unpaired) electrons. The number of unbranched alkanes of at least 4 members (excludes halogenated alkanes) is 2. The van der Waals surface area contributed by atoms with Crippen molar-refractivity contribution in [2.45, 2.75) is 62.3 Å². The van der Waals surface area contributed by atoms with Crippen LogP contribution < -0.4 is 22.3 Å². The van der Waals surface area contributed by atoms with Crippen LogP contribution in [0.5, 0.6) is 0 Å². The average molecular weight is 545 g/mol. The SMILES string of the molecule is NC(=O)[C@H](O[C@H]1OC(C(=O)NCCCCCO)=C[C@H](O)[C@@H]1O)C1O[C@@H](n2ccc(=O)[nH]c2=O)[C@H](O)[C@@H]1CO. The number of H-pyrrole nitrogens is 1. The van der Waals surface area contributed by atoms with E-state index in [1.54, 1.807) is 0 Å². The fourth-order valence-corrected chi connectivity index (χ4v) is 4.15. The first kappa shape index (κ1) is 29.4. The molecule has 0 saturated carbocycles. The van der Waals surface area contributed by atoms with Crippen molar-refractivity contribution in [3.8, 4) is 0 Å². The molecule has 3 rings (SSSR count). The van der Waals surface area contributed by atoms with Crippen molar-refractivity contribution < 1.29 is 49.3 Å². The normalized spacial score (nSPS) is 29.8. The van der Waals surface area contributed by atoms with Crippen LogP contribution in [0.1, 0.15) is 25.5 Å². The zero-order valence-electron chi connectivity index (χ0n) is 20.2. The Morgan fingerprint density at radius 2 is 1.89 bits per heavy atom. The molecule has 16 heteroatoms. The standard InChI is InChI=1S/C22H32N4O12/c23-18(33)17(16-10(9-28)14(31)20(37-16)26-6-4-13(30)25-22(26)35)38-21-15(32)11(29)8-12(36-21)19(34)24-5-2-1-3-7-27/h4,6,8,10-11,14-17,20-21,27-29,31-32H,1-3,5,7,9H2,(H2,23,33)(H,24,34)(H,25,30,35)/t10-,11-,14+,15-,16?,17+,20+,21+/m0/s1. The Labute approximate surface area is 215 Å². The highest BCUT2D eigenvalue weighted by Gasteiger charge is 2.51. The Morgan fingerprint density at radius 1 is 1.16 bits per heavy atom. The average Bonchev–Trinajstić information content (AvgIpc) is 3.19. The molecule has 1 aromatic rings. The fourth-order valence-electron chi connectivity index (χ4n) is 4.15. The van der Waals surface area contributed by atoms with Gasteiger partial charge in [0.1, 0.15) is 24.4 Å². The summed E-state index contributed by atoms with van der Waals surface area (Å²) in [6.45, 7) is -0.479. The van der Waals surface area contributed by atoms with Gasteiger partial charge in [0.15, 0.2) is 18.1 Å². The lowest BCUT2D eigenvalue weighted by molar-refractivity contribution is -0.239. The second-order valence-electron chi connectivity index (χ2n) is 8.84. The molecule has 0 bridgehead atoms. The molecule has 8 atom stereocenters. The van der Waals surface area contributed by atoms with Crippen LogP contribution in [0, 0.1) is 5.92 Å². The molecule has 3 heterocycles. The number of nitrogens with one attached hydrogen (secondary N) is 2. The number of hydrogen-bond donors (Lipinski definition) is 8. The van der Waals surface area contributed by atoms with Crippen LogP contribution in [0.4, 0.5) is 0 Å². The Hall–Kier alpha value is -3.12. The number of rotatable bonds is 12. The second-order valence-corrected chi connectivity index (χ2v) is 8.84. The minimum Gasteiger partial charge on any atom is -0.456 e. The minimum absolute atomic E-state index is 0.0214. The van der Waals surface area contributed by atoms with Crippen LogP contribution in [0.15, 0.2) is 33.7 Å². The minimum atomic E-state index is -1.79. The third-order valence-electron chi connectivity index (χ3n) is 6.18. The van der Waals surface area contributed by atoms with E-state index >= 15 is 0 Å². The van der Waals surface area contributed by atoms with Crippen LogP contribution in [0.2, 0.25) is 0 Å². The molecule has 1 unspecified atom stereocenters. The van der Waals surface area contributed by atoms with E-state index in [9.17, 15) is 39.6 Å². The lowest BCUT2D eigenvalue weighted by Gasteiger charge is -2.35. The summed E-state index contributed by atoms with van der Waals surface area (Å²) in [5.74, 6) is -3.52. The molecule has 0 spiro atoms. The smallest absolute Gasteiger partial charge is 0.330 e. The van der Waals surface area contributed by atoms with Gasteiger partial charge in [-0.3, -0.25) is 23.9 Å². The summed E-state index contributed by atoms with van der Waals surface area (Å²) in [6, 6.07) is 1.000. The number of aromatic amines is 1. The first-order valence-electron chi connectivity index (χ1n) is 11.9. The second kappa shape index (κ2) is 13.1. The first-order chi connectivity index (χ1) is 18.1. The maximum atomic E-state index is 12.5. The van der Waals surface area contributed by atoms with Crippen molar-refractivity contribution in [3.63, 3.8) is 0 Å². The summed E-state index contributed by atoms with van der Waals surface area (Å²) in [7, 11) is 0. The predicted molar refractivity (Wildman–Crippen MR) is 125 cm³/mol. The van der Waals surface area contributed by atoms with Crippen molar-refractivity contribution >= 4 is 11.8 Å². The van der Waals surface area contributed by atoms with Gasteiger partial charge in [0.25, 0.3) is 11.5 Å². The van der Waals surface area contributed by atoms with E-state index in [0.717, 1.165) is 22.9 Å². The number of nitrogens with two attached hydrogens (primary N) is 1. The van der Waals surface area contributed by atoms with Crippen molar-refractivity contribution in [2.75, 3.05) is 19.8 Å². The Balaban J connectivity index is 1.76. The zero-order chi connectivity index (χ0) is 28.0. The predicted octanol–water partition coefficient (Wildman–Crippen LogP) is -4.49. The van der Waals surface area contributed by atoms with Crippen molar-refractivity contribution in [1.29, 1.82) is 0 Å². The highest BCUT2D eigenvalue weighted by molar-refractivity contribution is 5.91. The topological polar surface area (TPSA) is 256 Å². The molecule has 38 heavy (non-hydrogen) atoms. The van der Waals surface area contributed by atoms with Gasteiger partial charge >= 0.3 is 5.69 Å². The molecule has 1 aromatic heterocycles. The third kappa shape index (κ3) is 6.65. The van der Waals surface area contributed by atoms with Crippen LogP contribution >= 0.6 is 0 Å². The van der Waals surface area contributed by atoms with Crippen LogP contribution in [-0.2, 0) is 23.8 Å². The number of carbonyl (C=O) groups excluding carboxylic acids is 2. The maximum absolute atomic E-state index is 12.5. The van der Waals surface area contributed by atoms with Gasteiger partial charge in [-0.15, -0.1) is 0 Å². The van der Waals surface area contributed by atoms with E-state index in [1.165, 1.54) is 0 Å². The molecule has 2 aliphatic heterocycles. The molecule has 2 aliphatic rings. The summed E-state index contributed by atoms with van der Waals surface area (Å²) >= 11 is 0. The molecule has 9 N–H and O–H groups in total. The molecule has 2 amide bonds. The number of aliphatic hydroxyl groups excluding tert-OH is 5. The highest BCUT2D eigenvalue weighted by atomic mass is 16.7. The van der Waals surface area contributed by atoms with Gasteiger partial charge in [0.2, 0.25) is 12.2 Å². The van der Waals surface area contributed by atoms with Gasteiger partial charge in [0.05, 0.1) is 6.61 Å². The molecular formula is C22H32N4O12. The third-order valence-corrected chi connectivity index (χ3v) is 6.18. The van der Waals surface area contributed by atoms with E-state index in [-0.39, 0.29) is 13.2 Å². The van der Waals surface area contributed by atoms with Crippen LogP contribution in [-0.4, -0.2) is 103 Å². The number of carbonyl (C=O) groups is 2. The number of primary amides is 1. The number of amides is 2. The summed E-state index contributed by atoms with van der Waals surface area (Å²) in [5, 5.41) is 52.6. The van der Waals surface area contributed by atoms with E-state index < -0.39 is 84.4 Å². The number of aliphatic hydroxyl groups is 5. The van der Waals surface area contributed by atoms with Crippen LogP contribution in [0.3, 0.4) is 0 Å². The summed E-state index contributed by atoms with van der Waals surface area (Å²) in [6.07, 6.45) is -7.68. The Kier molecular flexibility index (Phi) is 10.1. The maximum Gasteiger partial charge on any atom is 0.330 e. The van der Waals surface area contributed by atoms with Crippen molar-refractivity contribution in [2.24, 2.45) is 11.7 Å². The molecule has 16 nitrogen and oxygen atoms in total. The van der Waals surface area contributed by atoms with E-state index in [1.807, 2.05) is 4.98 Å². The largest absolute Gasteiger partial charge is 0.456 e. The van der Waals surface area contributed by atoms with E-state index in [2.05, 4.69) is 5.32 Å². The summed E-state index contributed by atoms with van der Waals surface area (Å²) in [4.78, 5) is 50.4. The molecular weight excluding hydrogens is 512 g/mol. The number of hydrogen-bond acceptors (Lipinski definition) is 12. The highest BCUT2D eigenvalue weighted by Crippen LogP contribution is 2.36. The summed E-state index contributed by atoms with van der Waals surface area (Å²) in [5.41, 5.74) is 3.85. The number of nitrogens with zero attached hydrogens (tertiary/aromatic N) is 1. The van der Waals surface area contributed by atoms with Crippen molar-refractivity contribution in [1.82, 2.24) is 14.9 Å². The molecule has 0 aliphatic carbocycles. The molecule has 1 fully saturated rings. The van der Waals surface area contributed by atoms with Gasteiger partial charge in [-0.1, -0.05) is 0 Å². The molecule has 1 saturated heterocycles. The van der Waals surface area contributed by atoms with Gasteiger partial charge in [-0.05, 0) is 25.3 Å². The van der Waals surface area contributed by atoms with Gasteiger partial charge in [-0.25, -0.2) is 4.79 Å². The fraction of sp³-hybridized carbons (Fsp3) is 0.636. The van der Waals surface area contributed by atoms with Gasteiger partial charge in [0, 0.05) is 31.3 Å². The van der Waals surface area contributed by atoms with E-state index in [4.69, 9.17) is 25.1 Å². The van der Waals surface area contributed by atoms with Gasteiger partial charge < -0.3 is 50.8 Å². The van der Waals surface area contributed by atoms with Crippen molar-refractivity contribution in [3.05, 3.63) is 44.9 Å². The molecule has 0 aromatic carbocycles. The lowest BCUT2D eigenvalue weighted by atomic mass is 9.94. The quantitative estimate of drug-likeness (QED) is 0.116. The summed E-state index contributed by atoms with van der Waals surface area (Å²) < 4.78 is 17.4. The monoisotopic (exact) mass is 544 g/mol. The van der Waals surface area contributed by atoms with Crippen LogP contribution in [0.25, 0.3) is 0 Å². The van der Waals surface area contributed by atoms with Gasteiger partial charge in [-0.2, -0.15) is 0 Å². The van der Waals surface area contributed by atoms with E-state index in [0.29, 0.717) is 19.3 Å². The number of ether oxygens (including phenoxy) is 3.